The van der Waals surface area contributed by atoms with Gasteiger partial charge in [0.1, 0.15) is 0 Å². The van der Waals surface area contributed by atoms with Crippen molar-refractivity contribution in [2.45, 2.75) is 37.8 Å². The Hall–Kier alpha value is -1.58. The molecule has 1 fully saturated rings. The van der Waals surface area contributed by atoms with Crippen molar-refractivity contribution in [2.24, 2.45) is 10.7 Å². The first kappa shape index (κ1) is 10.6. The minimum Gasteiger partial charge on any atom is -0.370 e. The first-order chi connectivity index (χ1) is 8.36. The number of hydrogen-bond acceptors (Lipinski definition) is 4. The molecular weight excluding hydrogens is 212 g/mol. The Bertz CT molecular complexity index is 409. The quantitative estimate of drug-likeness (QED) is 0.841. The molecule has 1 atom stereocenters. The second kappa shape index (κ2) is 4.35. The minimum absolute atomic E-state index is 0.298. The lowest BCUT2D eigenvalue weighted by atomic mass is 10.1. The Morgan fingerprint density at radius 1 is 1.29 bits per heavy atom. The van der Waals surface area contributed by atoms with E-state index in [-0.39, 0.29) is 0 Å². The zero-order chi connectivity index (χ0) is 11.7. The molecule has 0 amide bonds. The van der Waals surface area contributed by atoms with Crippen LogP contribution >= 0.6 is 0 Å². The molecule has 2 N–H and O–H groups in total. The van der Waals surface area contributed by atoms with Gasteiger partial charge in [-0.15, -0.1) is 0 Å². The van der Waals surface area contributed by atoms with E-state index >= 15 is 0 Å². The fraction of sp³-hybridized carbons (Fsp3) is 0.538. The molecule has 1 aliphatic heterocycles. The lowest BCUT2D eigenvalue weighted by molar-refractivity contribution is 0.262. The van der Waals surface area contributed by atoms with Gasteiger partial charge in [0.25, 0.3) is 0 Å². The smallest absolute Gasteiger partial charge is 0.192 e. The maximum atomic E-state index is 6.04. The Kier molecular flexibility index (Phi) is 2.71. The van der Waals surface area contributed by atoms with Crippen molar-refractivity contribution in [2.75, 3.05) is 6.54 Å². The van der Waals surface area contributed by atoms with E-state index in [1.54, 1.807) is 0 Å². The van der Waals surface area contributed by atoms with E-state index in [2.05, 4.69) is 20.9 Å². The summed E-state index contributed by atoms with van der Waals surface area (Å²) in [6.45, 7) is 0.772. The number of hydrogen-bond donors (Lipinski definition) is 1. The predicted molar refractivity (Wildman–Crippen MR) is 67.6 cm³/mol. The second-order valence-corrected chi connectivity index (χ2v) is 4.85. The van der Waals surface area contributed by atoms with Crippen molar-refractivity contribution in [1.82, 2.24) is 9.88 Å². The third kappa shape index (κ3) is 1.88. The summed E-state index contributed by atoms with van der Waals surface area (Å²) in [4.78, 5) is 10.9. The molecule has 2 heterocycles. The highest BCUT2D eigenvalue weighted by molar-refractivity contribution is 5.80. The van der Waals surface area contributed by atoms with E-state index in [9.17, 15) is 0 Å². The molecule has 0 spiro atoms. The minimum atomic E-state index is 0.298. The van der Waals surface area contributed by atoms with Crippen LogP contribution in [0.15, 0.2) is 29.5 Å². The summed E-state index contributed by atoms with van der Waals surface area (Å²) in [6.07, 6.45) is 8.85. The number of rotatable bonds is 2. The molecule has 0 radical (unpaired) electrons. The van der Waals surface area contributed by atoms with Gasteiger partial charge in [-0.1, -0.05) is 18.9 Å². The maximum absolute atomic E-state index is 6.04. The molecule has 3 rings (SSSR count). The molecule has 0 aromatic carbocycles. The van der Waals surface area contributed by atoms with Crippen molar-refractivity contribution in [3.63, 3.8) is 0 Å². The largest absolute Gasteiger partial charge is 0.370 e. The molecule has 90 valence electrons. The van der Waals surface area contributed by atoms with Crippen LogP contribution in [0.5, 0.6) is 0 Å². The van der Waals surface area contributed by atoms with Crippen molar-refractivity contribution >= 4 is 5.96 Å². The van der Waals surface area contributed by atoms with Gasteiger partial charge in [0.05, 0.1) is 12.6 Å². The number of nitrogens with zero attached hydrogens (tertiary/aromatic N) is 3. The van der Waals surface area contributed by atoms with Gasteiger partial charge in [0.15, 0.2) is 5.96 Å². The topological polar surface area (TPSA) is 54.5 Å². The Morgan fingerprint density at radius 2 is 2.12 bits per heavy atom. The van der Waals surface area contributed by atoms with Crippen molar-refractivity contribution in [3.05, 3.63) is 30.1 Å². The molecule has 0 saturated heterocycles. The van der Waals surface area contributed by atoms with E-state index in [1.165, 1.54) is 31.2 Å². The van der Waals surface area contributed by atoms with Crippen molar-refractivity contribution < 1.29 is 0 Å². The molecular formula is C13H18N4. The molecule has 1 aromatic heterocycles. The van der Waals surface area contributed by atoms with Gasteiger partial charge in [-0.25, -0.2) is 0 Å². The highest BCUT2D eigenvalue weighted by Crippen LogP contribution is 2.33. The molecule has 0 bridgehead atoms. The first-order valence-electron chi connectivity index (χ1n) is 6.34. The van der Waals surface area contributed by atoms with Gasteiger partial charge in [-0.05, 0) is 24.5 Å². The third-order valence-electron chi connectivity index (χ3n) is 3.81. The van der Waals surface area contributed by atoms with Gasteiger partial charge < -0.3 is 10.6 Å². The van der Waals surface area contributed by atoms with E-state index in [0.717, 1.165) is 6.54 Å². The molecule has 1 saturated carbocycles. The molecule has 2 aliphatic rings. The van der Waals surface area contributed by atoms with Crippen LogP contribution in [0.3, 0.4) is 0 Å². The van der Waals surface area contributed by atoms with Crippen LogP contribution in [0.4, 0.5) is 0 Å². The average molecular weight is 230 g/mol. The van der Waals surface area contributed by atoms with Gasteiger partial charge in [-0.3, -0.25) is 9.98 Å². The fourth-order valence-corrected chi connectivity index (χ4v) is 2.97. The third-order valence-corrected chi connectivity index (χ3v) is 3.81. The summed E-state index contributed by atoms with van der Waals surface area (Å²) < 4.78 is 0. The van der Waals surface area contributed by atoms with E-state index in [0.29, 0.717) is 18.0 Å². The number of pyridine rings is 1. The predicted octanol–water partition coefficient (Wildman–Crippen LogP) is 1.70. The fourth-order valence-electron chi connectivity index (χ4n) is 2.97. The molecule has 1 aromatic rings. The van der Waals surface area contributed by atoms with Gasteiger partial charge in [0, 0.05) is 18.4 Å². The summed E-state index contributed by atoms with van der Waals surface area (Å²) in [5.41, 5.74) is 7.27. The Labute approximate surface area is 102 Å². The van der Waals surface area contributed by atoms with Gasteiger partial charge in [-0.2, -0.15) is 0 Å². The Morgan fingerprint density at radius 3 is 2.82 bits per heavy atom. The van der Waals surface area contributed by atoms with Crippen LogP contribution in [0, 0.1) is 0 Å². The lowest BCUT2D eigenvalue weighted by Crippen LogP contribution is -2.42. The first-order valence-corrected chi connectivity index (χ1v) is 6.34. The summed E-state index contributed by atoms with van der Waals surface area (Å²) in [5.74, 6) is 0.714. The SMILES string of the molecule is NC1=NCC(c2cccnc2)N1C1CCCC1. The van der Waals surface area contributed by atoms with Gasteiger partial charge in [0.2, 0.25) is 0 Å². The molecule has 1 unspecified atom stereocenters. The van der Waals surface area contributed by atoms with Crippen LogP contribution in [0.2, 0.25) is 0 Å². The maximum Gasteiger partial charge on any atom is 0.192 e. The molecule has 4 nitrogen and oxygen atoms in total. The number of nitrogens with two attached hydrogens (primary N) is 1. The highest BCUT2D eigenvalue weighted by Gasteiger charge is 2.34. The average Bonchev–Trinajstić information content (AvgIpc) is 2.99. The van der Waals surface area contributed by atoms with Crippen LogP contribution in [-0.2, 0) is 0 Å². The summed E-state index contributed by atoms with van der Waals surface area (Å²) in [6, 6.07) is 4.97. The lowest BCUT2D eigenvalue weighted by Gasteiger charge is -2.32. The van der Waals surface area contributed by atoms with Crippen LogP contribution < -0.4 is 5.73 Å². The number of aliphatic imine (C=N–C) groups is 1. The second-order valence-electron chi connectivity index (χ2n) is 4.85. The zero-order valence-corrected chi connectivity index (χ0v) is 9.92. The van der Waals surface area contributed by atoms with Crippen LogP contribution in [0.25, 0.3) is 0 Å². The monoisotopic (exact) mass is 230 g/mol. The van der Waals surface area contributed by atoms with Crippen molar-refractivity contribution in [3.8, 4) is 0 Å². The normalized spacial score (nSPS) is 25.3. The van der Waals surface area contributed by atoms with E-state index in [4.69, 9.17) is 5.73 Å². The number of guanidine groups is 1. The summed E-state index contributed by atoms with van der Waals surface area (Å²) in [5, 5.41) is 0. The van der Waals surface area contributed by atoms with Crippen LogP contribution in [-0.4, -0.2) is 28.4 Å². The summed E-state index contributed by atoms with van der Waals surface area (Å²) >= 11 is 0. The molecule has 1 aliphatic carbocycles. The van der Waals surface area contributed by atoms with Gasteiger partial charge >= 0.3 is 0 Å². The highest BCUT2D eigenvalue weighted by atomic mass is 15.3. The molecule has 17 heavy (non-hydrogen) atoms. The van der Waals surface area contributed by atoms with E-state index < -0.39 is 0 Å². The number of aromatic nitrogens is 1. The van der Waals surface area contributed by atoms with E-state index in [1.807, 2.05) is 18.5 Å². The molecule has 4 heteroatoms. The Balaban J connectivity index is 1.85. The zero-order valence-electron chi connectivity index (χ0n) is 9.92. The standard InChI is InChI=1S/C13H18N4/c14-13-16-9-12(10-4-3-7-15-8-10)17(13)11-5-1-2-6-11/h3-4,7-8,11-12H,1-2,5-6,9H2,(H2,14,16). The summed E-state index contributed by atoms with van der Waals surface area (Å²) in [7, 11) is 0. The van der Waals surface area contributed by atoms with Crippen LogP contribution in [0.1, 0.15) is 37.3 Å². The van der Waals surface area contributed by atoms with Crippen molar-refractivity contribution in [1.29, 1.82) is 0 Å².